The third kappa shape index (κ3) is 2.40. The van der Waals surface area contributed by atoms with Crippen LogP contribution in [0.1, 0.15) is 13.3 Å². The summed E-state index contributed by atoms with van der Waals surface area (Å²) >= 11 is 0. The number of ether oxygens (including phenoxy) is 1. The van der Waals surface area contributed by atoms with Crippen LogP contribution in [0.4, 0.5) is 5.69 Å². The maximum atomic E-state index is 11.4. The Bertz CT molecular complexity index is 363. The lowest BCUT2D eigenvalue weighted by Crippen LogP contribution is -2.24. The molecule has 0 radical (unpaired) electrons. The number of hydrogen-bond donors (Lipinski definition) is 1. The van der Waals surface area contributed by atoms with Crippen molar-refractivity contribution >= 4 is 11.6 Å². The minimum absolute atomic E-state index is 0.0164. The number of benzene rings is 1. The molecule has 0 bridgehead atoms. The molecule has 1 amide bonds. The molecule has 1 N–H and O–H groups in total. The fourth-order valence-electron chi connectivity index (χ4n) is 1.26. The molecular formula is C11H15NO3. The van der Waals surface area contributed by atoms with Gasteiger partial charge in [-0.25, -0.2) is 0 Å². The molecule has 0 aliphatic rings. The highest BCUT2D eigenvalue weighted by Crippen LogP contribution is 2.30. The van der Waals surface area contributed by atoms with Crippen LogP contribution >= 0.6 is 0 Å². The first-order chi connectivity index (χ1) is 7.10. The Morgan fingerprint density at radius 1 is 1.53 bits per heavy atom. The van der Waals surface area contributed by atoms with Crippen molar-refractivity contribution in [2.75, 3.05) is 19.1 Å². The van der Waals surface area contributed by atoms with Gasteiger partial charge in [0.25, 0.3) is 0 Å². The maximum absolute atomic E-state index is 11.4. The van der Waals surface area contributed by atoms with E-state index in [1.54, 1.807) is 26.1 Å². The summed E-state index contributed by atoms with van der Waals surface area (Å²) in [6, 6.07) is 4.81. The van der Waals surface area contributed by atoms with Crippen molar-refractivity contribution in [3.63, 3.8) is 0 Å². The van der Waals surface area contributed by atoms with Crippen LogP contribution in [0.3, 0.4) is 0 Å². The van der Waals surface area contributed by atoms with E-state index >= 15 is 0 Å². The van der Waals surface area contributed by atoms with Gasteiger partial charge in [-0.3, -0.25) is 4.79 Å². The summed E-state index contributed by atoms with van der Waals surface area (Å²) in [6.07, 6.45) is 0.444. The van der Waals surface area contributed by atoms with Gasteiger partial charge in [0.15, 0.2) is 11.5 Å². The lowest BCUT2D eigenvalue weighted by atomic mass is 10.2. The summed E-state index contributed by atoms with van der Waals surface area (Å²) in [5.74, 6) is 0.449. The van der Waals surface area contributed by atoms with Gasteiger partial charge in [0.1, 0.15) is 0 Å². The molecule has 82 valence electrons. The standard InChI is InChI=1S/C11H15NO3/c1-4-11(14)12(2)8-5-6-9(13)10(7-8)15-3/h5-7,13H,4H2,1-3H3. The Kier molecular flexibility index (Phi) is 3.55. The van der Waals surface area contributed by atoms with Crippen LogP contribution < -0.4 is 9.64 Å². The number of carbonyl (C=O) groups is 1. The third-order valence-electron chi connectivity index (χ3n) is 2.23. The Balaban J connectivity index is 3.00. The van der Waals surface area contributed by atoms with Crippen LogP contribution in [0.5, 0.6) is 11.5 Å². The molecule has 4 heteroatoms. The second-order valence-corrected chi connectivity index (χ2v) is 3.16. The highest BCUT2D eigenvalue weighted by atomic mass is 16.5. The normalized spacial score (nSPS) is 9.80. The van der Waals surface area contributed by atoms with Crippen molar-refractivity contribution in [3.8, 4) is 11.5 Å². The molecule has 1 rings (SSSR count). The number of methoxy groups -OCH3 is 1. The number of phenolic OH excluding ortho intramolecular Hbond substituents is 1. The minimum atomic E-state index is 0.0164. The van der Waals surface area contributed by atoms with Crippen molar-refractivity contribution < 1.29 is 14.6 Å². The van der Waals surface area contributed by atoms with Crippen LogP contribution in [0.25, 0.3) is 0 Å². The average Bonchev–Trinajstić information content (AvgIpc) is 2.27. The molecule has 0 aliphatic heterocycles. The molecule has 15 heavy (non-hydrogen) atoms. The van der Waals surface area contributed by atoms with Crippen LogP contribution in [0.15, 0.2) is 18.2 Å². The summed E-state index contributed by atoms with van der Waals surface area (Å²) in [6.45, 7) is 1.80. The van der Waals surface area contributed by atoms with Gasteiger partial charge < -0.3 is 14.7 Å². The number of hydrogen-bond acceptors (Lipinski definition) is 3. The number of anilines is 1. The summed E-state index contributed by atoms with van der Waals surface area (Å²) in [4.78, 5) is 12.9. The summed E-state index contributed by atoms with van der Waals surface area (Å²) in [5, 5.41) is 9.38. The number of rotatable bonds is 3. The van der Waals surface area contributed by atoms with E-state index in [2.05, 4.69) is 0 Å². The van der Waals surface area contributed by atoms with E-state index in [1.807, 2.05) is 0 Å². The zero-order valence-electron chi connectivity index (χ0n) is 9.15. The third-order valence-corrected chi connectivity index (χ3v) is 2.23. The average molecular weight is 209 g/mol. The predicted molar refractivity (Wildman–Crippen MR) is 58.4 cm³/mol. The molecule has 0 saturated heterocycles. The molecule has 0 fully saturated rings. The Morgan fingerprint density at radius 2 is 2.20 bits per heavy atom. The first-order valence-corrected chi connectivity index (χ1v) is 4.73. The van der Waals surface area contributed by atoms with Crippen molar-refractivity contribution in [2.24, 2.45) is 0 Å². The summed E-state index contributed by atoms with van der Waals surface area (Å²) < 4.78 is 4.96. The highest BCUT2D eigenvalue weighted by Gasteiger charge is 2.10. The first-order valence-electron chi connectivity index (χ1n) is 4.73. The topological polar surface area (TPSA) is 49.8 Å². The van der Waals surface area contributed by atoms with Gasteiger partial charge in [0.05, 0.1) is 7.11 Å². The van der Waals surface area contributed by atoms with Gasteiger partial charge in [-0.15, -0.1) is 0 Å². The molecule has 0 aromatic heterocycles. The molecule has 0 heterocycles. The van der Waals surface area contributed by atoms with Crippen LogP contribution in [0.2, 0.25) is 0 Å². The summed E-state index contributed by atoms with van der Waals surface area (Å²) in [7, 11) is 3.16. The predicted octanol–water partition coefficient (Wildman–Crippen LogP) is 1.77. The number of phenols is 1. The van der Waals surface area contributed by atoms with Crippen molar-refractivity contribution in [1.29, 1.82) is 0 Å². The molecular weight excluding hydrogens is 194 g/mol. The zero-order valence-corrected chi connectivity index (χ0v) is 9.15. The molecule has 0 spiro atoms. The summed E-state index contributed by atoms with van der Waals surface area (Å²) in [5.41, 5.74) is 0.705. The van der Waals surface area contributed by atoms with Gasteiger partial charge in [-0.2, -0.15) is 0 Å². The van der Waals surface area contributed by atoms with Crippen LogP contribution in [-0.2, 0) is 4.79 Å². The van der Waals surface area contributed by atoms with Crippen LogP contribution in [-0.4, -0.2) is 25.2 Å². The highest BCUT2D eigenvalue weighted by molar-refractivity contribution is 5.92. The SMILES string of the molecule is CCC(=O)N(C)c1ccc(O)c(OC)c1. The fourth-order valence-corrected chi connectivity index (χ4v) is 1.26. The lowest BCUT2D eigenvalue weighted by Gasteiger charge is -2.17. The number of carbonyl (C=O) groups excluding carboxylic acids is 1. The zero-order chi connectivity index (χ0) is 11.4. The Morgan fingerprint density at radius 3 is 2.73 bits per heavy atom. The lowest BCUT2D eigenvalue weighted by molar-refractivity contribution is -0.118. The van der Waals surface area contributed by atoms with Gasteiger partial charge in [0, 0.05) is 25.2 Å². The van der Waals surface area contributed by atoms with E-state index in [0.717, 1.165) is 0 Å². The maximum Gasteiger partial charge on any atom is 0.226 e. The van der Waals surface area contributed by atoms with Gasteiger partial charge in [-0.1, -0.05) is 6.92 Å². The fraction of sp³-hybridized carbons (Fsp3) is 0.364. The van der Waals surface area contributed by atoms with Gasteiger partial charge in [-0.05, 0) is 12.1 Å². The smallest absolute Gasteiger partial charge is 0.226 e. The minimum Gasteiger partial charge on any atom is -0.504 e. The van der Waals surface area contributed by atoms with E-state index in [9.17, 15) is 9.90 Å². The molecule has 0 unspecified atom stereocenters. The second kappa shape index (κ2) is 4.68. The van der Waals surface area contributed by atoms with Crippen molar-refractivity contribution in [2.45, 2.75) is 13.3 Å². The Hall–Kier alpha value is -1.71. The quantitative estimate of drug-likeness (QED) is 0.825. The first kappa shape index (κ1) is 11.4. The molecule has 1 aromatic carbocycles. The van der Waals surface area contributed by atoms with E-state index in [0.29, 0.717) is 17.9 Å². The van der Waals surface area contributed by atoms with E-state index in [4.69, 9.17) is 4.74 Å². The largest absolute Gasteiger partial charge is 0.504 e. The second-order valence-electron chi connectivity index (χ2n) is 3.16. The van der Waals surface area contributed by atoms with Crippen molar-refractivity contribution in [3.05, 3.63) is 18.2 Å². The molecule has 1 aromatic rings. The monoisotopic (exact) mass is 209 g/mol. The van der Waals surface area contributed by atoms with Gasteiger partial charge >= 0.3 is 0 Å². The van der Waals surface area contributed by atoms with E-state index in [-0.39, 0.29) is 11.7 Å². The van der Waals surface area contributed by atoms with E-state index in [1.165, 1.54) is 18.1 Å². The van der Waals surface area contributed by atoms with Crippen molar-refractivity contribution in [1.82, 2.24) is 0 Å². The van der Waals surface area contributed by atoms with E-state index < -0.39 is 0 Å². The Labute approximate surface area is 89.1 Å². The molecule has 0 atom stereocenters. The number of nitrogens with zero attached hydrogens (tertiary/aromatic N) is 1. The molecule has 0 saturated carbocycles. The van der Waals surface area contributed by atoms with Crippen LogP contribution in [0, 0.1) is 0 Å². The molecule has 4 nitrogen and oxygen atoms in total. The molecule has 0 aliphatic carbocycles. The number of aromatic hydroxyl groups is 1. The van der Waals surface area contributed by atoms with Gasteiger partial charge in [0.2, 0.25) is 5.91 Å². The number of amides is 1.